The molecule has 17 heavy (non-hydrogen) atoms. The smallest absolute Gasteiger partial charge is 0.0546 e. The summed E-state index contributed by atoms with van der Waals surface area (Å²) in [6.07, 6.45) is 2.53. The molecule has 0 radical (unpaired) electrons. The van der Waals surface area contributed by atoms with Crippen molar-refractivity contribution in [1.29, 1.82) is 0 Å². The van der Waals surface area contributed by atoms with Crippen LogP contribution in [-0.2, 0) is 4.74 Å². The Bertz CT molecular complexity index is 226. The minimum Gasteiger partial charge on any atom is -0.381 e. The van der Waals surface area contributed by atoms with Crippen molar-refractivity contribution in [1.82, 2.24) is 10.2 Å². The van der Waals surface area contributed by atoms with Crippen LogP contribution in [0.1, 0.15) is 19.8 Å². The van der Waals surface area contributed by atoms with Gasteiger partial charge in [-0.25, -0.2) is 0 Å². The van der Waals surface area contributed by atoms with Crippen LogP contribution in [0.25, 0.3) is 0 Å². The van der Waals surface area contributed by atoms with E-state index in [0.29, 0.717) is 5.41 Å². The van der Waals surface area contributed by atoms with Crippen molar-refractivity contribution in [2.24, 2.45) is 5.41 Å². The summed E-state index contributed by atoms with van der Waals surface area (Å²) in [4.78, 5) is 2.67. The van der Waals surface area contributed by atoms with Gasteiger partial charge in [0.1, 0.15) is 0 Å². The maximum atomic E-state index is 5.74. The van der Waals surface area contributed by atoms with E-state index in [1.54, 1.807) is 0 Å². The maximum Gasteiger partial charge on any atom is 0.0546 e. The molecule has 0 aromatic carbocycles. The van der Waals surface area contributed by atoms with Crippen LogP contribution in [0.4, 0.5) is 0 Å². The standard InChI is InChI=1S/C13H26N2OS/c1-12-8-17-7-5-15(12)10-13(9-14-2)4-3-6-16-11-13/h12,14H,3-11H2,1-2H3. The highest BCUT2D eigenvalue weighted by Crippen LogP contribution is 2.31. The van der Waals surface area contributed by atoms with E-state index >= 15 is 0 Å². The molecule has 2 saturated heterocycles. The van der Waals surface area contributed by atoms with Crippen molar-refractivity contribution in [2.45, 2.75) is 25.8 Å². The zero-order valence-corrected chi connectivity index (χ0v) is 12.0. The van der Waals surface area contributed by atoms with Gasteiger partial charge < -0.3 is 10.1 Å². The molecule has 4 heteroatoms. The highest BCUT2D eigenvalue weighted by molar-refractivity contribution is 7.99. The molecule has 2 aliphatic heterocycles. The van der Waals surface area contributed by atoms with Gasteiger partial charge in [-0.1, -0.05) is 0 Å². The minimum atomic E-state index is 0.350. The summed E-state index contributed by atoms with van der Waals surface area (Å²) >= 11 is 2.09. The average Bonchev–Trinajstić information content (AvgIpc) is 2.34. The summed E-state index contributed by atoms with van der Waals surface area (Å²) in [6, 6.07) is 0.726. The highest BCUT2D eigenvalue weighted by atomic mass is 32.2. The fourth-order valence-electron chi connectivity index (χ4n) is 3.03. The topological polar surface area (TPSA) is 24.5 Å². The van der Waals surface area contributed by atoms with Gasteiger partial charge in [0.2, 0.25) is 0 Å². The van der Waals surface area contributed by atoms with E-state index in [1.165, 1.54) is 37.4 Å². The minimum absolute atomic E-state index is 0.350. The van der Waals surface area contributed by atoms with Crippen molar-refractivity contribution >= 4 is 11.8 Å². The van der Waals surface area contributed by atoms with Crippen LogP contribution >= 0.6 is 11.8 Å². The maximum absolute atomic E-state index is 5.74. The Kier molecular flexibility index (Phi) is 5.15. The lowest BCUT2D eigenvalue weighted by molar-refractivity contribution is -0.0291. The Morgan fingerprint density at radius 2 is 2.41 bits per heavy atom. The largest absolute Gasteiger partial charge is 0.381 e. The molecule has 2 fully saturated rings. The van der Waals surface area contributed by atoms with Crippen molar-refractivity contribution in [3.8, 4) is 0 Å². The van der Waals surface area contributed by atoms with E-state index in [4.69, 9.17) is 4.74 Å². The number of rotatable bonds is 4. The monoisotopic (exact) mass is 258 g/mol. The number of thioether (sulfide) groups is 1. The van der Waals surface area contributed by atoms with Gasteiger partial charge in [0.25, 0.3) is 0 Å². The van der Waals surface area contributed by atoms with Crippen LogP contribution in [0.15, 0.2) is 0 Å². The molecule has 0 bridgehead atoms. The molecule has 2 aliphatic rings. The first-order valence-corrected chi connectivity index (χ1v) is 7.95. The lowest BCUT2D eigenvalue weighted by Gasteiger charge is -2.44. The highest BCUT2D eigenvalue weighted by Gasteiger charge is 2.35. The summed E-state index contributed by atoms with van der Waals surface area (Å²) in [6.45, 7) is 7.79. The third kappa shape index (κ3) is 3.60. The Morgan fingerprint density at radius 3 is 3.06 bits per heavy atom. The molecule has 0 aromatic heterocycles. The first-order valence-electron chi connectivity index (χ1n) is 6.80. The van der Waals surface area contributed by atoms with Gasteiger partial charge in [-0.2, -0.15) is 11.8 Å². The lowest BCUT2D eigenvalue weighted by Crippen LogP contribution is -2.52. The summed E-state index contributed by atoms with van der Waals surface area (Å²) in [5.74, 6) is 2.58. The van der Waals surface area contributed by atoms with Gasteiger partial charge in [0.05, 0.1) is 6.61 Å². The second-order valence-corrected chi connectivity index (χ2v) is 6.73. The number of nitrogens with one attached hydrogen (secondary N) is 1. The van der Waals surface area contributed by atoms with E-state index in [0.717, 1.165) is 25.8 Å². The van der Waals surface area contributed by atoms with Gasteiger partial charge in [-0.15, -0.1) is 0 Å². The van der Waals surface area contributed by atoms with Crippen LogP contribution in [0.2, 0.25) is 0 Å². The fraction of sp³-hybridized carbons (Fsp3) is 1.00. The van der Waals surface area contributed by atoms with Gasteiger partial charge in [-0.05, 0) is 26.8 Å². The lowest BCUT2D eigenvalue weighted by atomic mass is 9.81. The predicted molar refractivity (Wildman–Crippen MR) is 74.8 cm³/mol. The molecule has 1 N–H and O–H groups in total. The van der Waals surface area contributed by atoms with Crippen LogP contribution < -0.4 is 5.32 Å². The molecule has 0 amide bonds. The van der Waals surface area contributed by atoms with Crippen molar-refractivity contribution in [2.75, 3.05) is 51.4 Å². The van der Waals surface area contributed by atoms with E-state index in [9.17, 15) is 0 Å². The average molecular weight is 258 g/mol. The quantitative estimate of drug-likeness (QED) is 0.825. The molecule has 0 spiro atoms. The molecular weight excluding hydrogens is 232 g/mol. The molecule has 2 heterocycles. The number of nitrogens with zero attached hydrogens (tertiary/aromatic N) is 1. The zero-order chi connectivity index (χ0) is 12.1. The van der Waals surface area contributed by atoms with Crippen LogP contribution in [0, 0.1) is 5.41 Å². The molecule has 2 rings (SSSR count). The zero-order valence-electron chi connectivity index (χ0n) is 11.2. The van der Waals surface area contributed by atoms with Gasteiger partial charge >= 0.3 is 0 Å². The molecule has 2 unspecified atom stereocenters. The van der Waals surface area contributed by atoms with Crippen molar-refractivity contribution in [3.63, 3.8) is 0 Å². The Labute approximate surface area is 110 Å². The SMILES string of the molecule is CNCC1(CN2CCSCC2C)CCCOC1. The second-order valence-electron chi connectivity index (χ2n) is 5.58. The normalized spacial score (nSPS) is 36.0. The predicted octanol–water partition coefficient (Wildman–Crippen LogP) is 1.44. The van der Waals surface area contributed by atoms with E-state index in [1.807, 2.05) is 0 Å². The summed E-state index contributed by atoms with van der Waals surface area (Å²) in [5.41, 5.74) is 0.350. The van der Waals surface area contributed by atoms with Crippen molar-refractivity contribution in [3.05, 3.63) is 0 Å². The number of hydrogen-bond acceptors (Lipinski definition) is 4. The third-order valence-corrected chi connectivity index (χ3v) is 5.19. The summed E-state index contributed by atoms with van der Waals surface area (Å²) in [7, 11) is 2.06. The third-order valence-electron chi connectivity index (χ3n) is 4.00. The van der Waals surface area contributed by atoms with Crippen LogP contribution in [0.5, 0.6) is 0 Å². The number of hydrogen-bond donors (Lipinski definition) is 1. The first kappa shape index (κ1) is 13.7. The second kappa shape index (κ2) is 6.41. The molecule has 0 aliphatic carbocycles. The molecular formula is C13H26N2OS. The first-order chi connectivity index (χ1) is 8.26. The molecule has 3 nitrogen and oxygen atoms in total. The van der Waals surface area contributed by atoms with E-state index < -0.39 is 0 Å². The summed E-state index contributed by atoms with van der Waals surface area (Å²) in [5, 5.41) is 3.37. The van der Waals surface area contributed by atoms with Crippen molar-refractivity contribution < 1.29 is 4.74 Å². The van der Waals surface area contributed by atoms with E-state index in [2.05, 4.69) is 35.9 Å². The molecule has 0 aromatic rings. The Morgan fingerprint density at radius 1 is 1.53 bits per heavy atom. The molecule has 2 atom stereocenters. The Balaban J connectivity index is 1.95. The molecule has 100 valence electrons. The fourth-order valence-corrected chi connectivity index (χ4v) is 4.11. The summed E-state index contributed by atoms with van der Waals surface area (Å²) < 4.78 is 5.74. The van der Waals surface area contributed by atoms with Crippen LogP contribution in [-0.4, -0.2) is 62.3 Å². The van der Waals surface area contributed by atoms with E-state index in [-0.39, 0.29) is 0 Å². The van der Waals surface area contributed by atoms with Gasteiger partial charge in [-0.3, -0.25) is 4.90 Å². The van der Waals surface area contributed by atoms with Crippen LogP contribution in [0.3, 0.4) is 0 Å². The van der Waals surface area contributed by atoms with Gasteiger partial charge in [0.15, 0.2) is 0 Å². The molecule has 0 saturated carbocycles. The Hall–Kier alpha value is 0.230. The van der Waals surface area contributed by atoms with Gasteiger partial charge in [0, 0.05) is 49.2 Å². The number of ether oxygens (including phenoxy) is 1.